The number of pyridine rings is 1. The number of nitrogens with two attached hydrogens (primary N) is 1. The van der Waals surface area contributed by atoms with Gasteiger partial charge in [0.1, 0.15) is 17.0 Å². The van der Waals surface area contributed by atoms with Crippen molar-refractivity contribution in [2.75, 3.05) is 0 Å². The second-order valence-corrected chi connectivity index (χ2v) is 4.71. The van der Waals surface area contributed by atoms with Gasteiger partial charge in [-0.05, 0) is 23.8 Å². The smallest absolute Gasteiger partial charge is 0.169 e. The number of hydrazine groups is 1. The molecule has 2 aromatic heterocycles. The molecule has 0 radical (unpaired) electrons. The Balaban J connectivity index is 2.07. The summed E-state index contributed by atoms with van der Waals surface area (Å²) in [6.07, 6.45) is 1.59. The van der Waals surface area contributed by atoms with Gasteiger partial charge in [0.05, 0.1) is 0 Å². The standard InChI is InChI=1S/C14H11ClFN3O/c15-12-5-4-9(7-18-12)13(19-17)11-6-8-2-1-3-10(16)14(8)20-11/h1-7,13,19H,17H2. The van der Waals surface area contributed by atoms with Crippen LogP contribution in [0.2, 0.25) is 5.15 Å². The molecule has 0 saturated heterocycles. The maximum absolute atomic E-state index is 13.6. The summed E-state index contributed by atoms with van der Waals surface area (Å²) in [6, 6.07) is 9.52. The van der Waals surface area contributed by atoms with Crippen molar-refractivity contribution in [1.82, 2.24) is 10.4 Å². The van der Waals surface area contributed by atoms with Gasteiger partial charge in [0.25, 0.3) is 0 Å². The maximum atomic E-state index is 13.6. The van der Waals surface area contributed by atoms with Gasteiger partial charge in [0, 0.05) is 11.6 Å². The van der Waals surface area contributed by atoms with Gasteiger partial charge < -0.3 is 4.42 Å². The van der Waals surface area contributed by atoms with Gasteiger partial charge >= 0.3 is 0 Å². The van der Waals surface area contributed by atoms with Crippen LogP contribution in [0, 0.1) is 5.82 Å². The molecule has 3 rings (SSSR count). The Hall–Kier alpha value is -1.95. The van der Waals surface area contributed by atoms with Gasteiger partial charge in [-0.25, -0.2) is 14.8 Å². The van der Waals surface area contributed by atoms with Crippen LogP contribution in [0.5, 0.6) is 0 Å². The first-order valence-corrected chi connectivity index (χ1v) is 6.32. The fraction of sp³-hybridized carbons (Fsp3) is 0.0714. The quantitative estimate of drug-likeness (QED) is 0.442. The molecule has 0 aliphatic carbocycles. The van der Waals surface area contributed by atoms with Crippen LogP contribution in [0.4, 0.5) is 4.39 Å². The Labute approximate surface area is 119 Å². The van der Waals surface area contributed by atoms with E-state index < -0.39 is 11.9 Å². The van der Waals surface area contributed by atoms with Crippen molar-refractivity contribution in [1.29, 1.82) is 0 Å². The summed E-state index contributed by atoms with van der Waals surface area (Å²) in [5.74, 6) is 5.68. The van der Waals surface area contributed by atoms with Gasteiger partial charge in [-0.1, -0.05) is 29.8 Å². The zero-order chi connectivity index (χ0) is 14.1. The average Bonchev–Trinajstić information content (AvgIpc) is 2.87. The average molecular weight is 292 g/mol. The summed E-state index contributed by atoms with van der Waals surface area (Å²) >= 11 is 5.75. The Morgan fingerprint density at radius 1 is 1.30 bits per heavy atom. The summed E-state index contributed by atoms with van der Waals surface area (Å²) in [7, 11) is 0. The zero-order valence-electron chi connectivity index (χ0n) is 10.3. The third kappa shape index (κ3) is 2.27. The molecule has 0 fully saturated rings. The van der Waals surface area contributed by atoms with E-state index in [9.17, 15) is 4.39 Å². The minimum Gasteiger partial charge on any atom is -0.456 e. The van der Waals surface area contributed by atoms with Crippen LogP contribution in [0.15, 0.2) is 47.0 Å². The number of rotatable bonds is 3. The highest BCUT2D eigenvalue weighted by atomic mass is 35.5. The lowest BCUT2D eigenvalue weighted by Crippen LogP contribution is -2.28. The summed E-state index contributed by atoms with van der Waals surface area (Å²) in [5, 5.41) is 1.07. The van der Waals surface area contributed by atoms with Crippen molar-refractivity contribution < 1.29 is 8.81 Å². The second-order valence-electron chi connectivity index (χ2n) is 4.32. The molecule has 3 aromatic rings. The summed E-state index contributed by atoms with van der Waals surface area (Å²) < 4.78 is 19.2. The molecule has 102 valence electrons. The van der Waals surface area contributed by atoms with Gasteiger partial charge in [0.2, 0.25) is 0 Å². The van der Waals surface area contributed by atoms with Crippen LogP contribution in [-0.2, 0) is 0 Å². The lowest BCUT2D eigenvalue weighted by Gasteiger charge is -2.13. The van der Waals surface area contributed by atoms with Gasteiger partial charge in [-0.15, -0.1) is 0 Å². The molecule has 1 aromatic carbocycles. The van der Waals surface area contributed by atoms with Crippen LogP contribution >= 0.6 is 11.6 Å². The second kappa shape index (κ2) is 5.20. The van der Waals surface area contributed by atoms with E-state index in [1.54, 1.807) is 36.5 Å². The van der Waals surface area contributed by atoms with Crippen LogP contribution in [0.1, 0.15) is 17.4 Å². The van der Waals surface area contributed by atoms with Crippen LogP contribution in [-0.4, -0.2) is 4.98 Å². The molecule has 2 heterocycles. The number of benzene rings is 1. The molecule has 1 unspecified atom stereocenters. The minimum atomic E-state index is -0.424. The van der Waals surface area contributed by atoms with E-state index in [4.69, 9.17) is 21.9 Å². The predicted molar refractivity (Wildman–Crippen MR) is 74.6 cm³/mol. The number of nitrogens with zero attached hydrogens (tertiary/aromatic N) is 1. The molecule has 0 aliphatic heterocycles. The Bertz CT molecular complexity index is 742. The number of hydrogen-bond donors (Lipinski definition) is 2. The van der Waals surface area contributed by atoms with Crippen LogP contribution in [0.25, 0.3) is 11.0 Å². The molecule has 0 saturated carbocycles. The summed E-state index contributed by atoms with van der Waals surface area (Å²) in [6.45, 7) is 0. The van der Waals surface area contributed by atoms with Crippen LogP contribution < -0.4 is 11.3 Å². The SMILES string of the molecule is NNC(c1ccc(Cl)nc1)c1cc2cccc(F)c2o1. The molecule has 0 amide bonds. The molecular weight excluding hydrogens is 281 g/mol. The van der Waals surface area contributed by atoms with Crippen molar-refractivity contribution in [2.45, 2.75) is 6.04 Å². The number of hydrogen-bond acceptors (Lipinski definition) is 4. The van der Waals surface area contributed by atoms with Crippen LogP contribution in [0.3, 0.4) is 0 Å². The third-order valence-electron chi connectivity index (χ3n) is 3.05. The van der Waals surface area contributed by atoms with Crippen molar-refractivity contribution in [2.24, 2.45) is 5.84 Å². The summed E-state index contributed by atoms with van der Waals surface area (Å²) in [5.41, 5.74) is 3.62. The highest BCUT2D eigenvalue weighted by molar-refractivity contribution is 6.29. The molecule has 0 bridgehead atoms. The first-order valence-electron chi connectivity index (χ1n) is 5.94. The molecular formula is C14H11ClFN3O. The fourth-order valence-corrected chi connectivity index (χ4v) is 2.20. The molecule has 1 atom stereocenters. The predicted octanol–water partition coefficient (Wildman–Crippen LogP) is 3.17. The molecule has 20 heavy (non-hydrogen) atoms. The highest BCUT2D eigenvalue weighted by Crippen LogP contribution is 2.29. The zero-order valence-corrected chi connectivity index (χ0v) is 11.1. The van der Waals surface area contributed by atoms with E-state index in [0.29, 0.717) is 16.3 Å². The molecule has 0 spiro atoms. The lowest BCUT2D eigenvalue weighted by atomic mass is 10.1. The molecule has 0 aliphatic rings. The van der Waals surface area contributed by atoms with Crippen molar-refractivity contribution in [3.8, 4) is 0 Å². The Morgan fingerprint density at radius 2 is 2.15 bits per heavy atom. The van der Waals surface area contributed by atoms with E-state index in [0.717, 1.165) is 5.56 Å². The number of aromatic nitrogens is 1. The number of furan rings is 1. The molecule has 6 heteroatoms. The van der Waals surface area contributed by atoms with E-state index in [1.165, 1.54) is 6.07 Å². The number of para-hydroxylation sites is 1. The first-order chi connectivity index (χ1) is 9.69. The van der Waals surface area contributed by atoms with Crippen molar-refractivity contribution in [3.05, 3.63) is 64.9 Å². The van der Waals surface area contributed by atoms with E-state index in [2.05, 4.69) is 10.4 Å². The topological polar surface area (TPSA) is 64.1 Å². The third-order valence-corrected chi connectivity index (χ3v) is 3.27. The van der Waals surface area contributed by atoms with Crippen molar-refractivity contribution in [3.63, 3.8) is 0 Å². The monoisotopic (exact) mass is 291 g/mol. The number of fused-ring (bicyclic) bond motifs is 1. The number of nitrogens with one attached hydrogen (secondary N) is 1. The largest absolute Gasteiger partial charge is 0.456 e. The minimum absolute atomic E-state index is 0.213. The van der Waals surface area contributed by atoms with Gasteiger partial charge in [0.15, 0.2) is 11.4 Å². The normalized spacial score (nSPS) is 12.8. The maximum Gasteiger partial charge on any atom is 0.169 e. The fourth-order valence-electron chi connectivity index (χ4n) is 2.09. The van der Waals surface area contributed by atoms with E-state index in [-0.39, 0.29) is 5.58 Å². The van der Waals surface area contributed by atoms with Gasteiger partial charge in [-0.2, -0.15) is 0 Å². The Kier molecular flexibility index (Phi) is 3.40. The molecule has 4 nitrogen and oxygen atoms in total. The first kappa shape index (κ1) is 13.1. The van der Waals surface area contributed by atoms with E-state index in [1.807, 2.05) is 0 Å². The Morgan fingerprint density at radius 3 is 2.80 bits per heavy atom. The van der Waals surface area contributed by atoms with Gasteiger partial charge in [-0.3, -0.25) is 5.84 Å². The summed E-state index contributed by atoms with van der Waals surface area (Å²) in [4.78, 5) is 4.00. The molecule has 3 N–H and O–H groups in total. The lowest BCUT2D eigenvalue weighted by molar-refractivity contribution is 0.464. The highest BCUT2D eigenvalue weighted by Gasteiger charge is 2.18. The van der Waals surface area contributed by atoms with E-state index >= 15 is 0 Å². The van der Waals surface area contributed by atoms with Crippen molar-refractivity contribution >= 4 is 22.6 Å². The number of halogens is 2.